The molecular formula is C30H41N3O3. The maximum absolute atomic E-state index is 13.1. The molecule has 0 radical (unpaired) electrons. The number of hydrogen-bond donors (Lipinski definition) is 2. The quantitative estimate of drug-likeness (QED) is 0.621. The summed E-state index contributed by atoms with van der Waals surface area (Å²) in [5.74, 6) is 2.32. The van der Waals surface area contributed by atoms with Gasteiger partial charge in [0.1, 0.15) is 0 Å². The fourth-order valence-electron chi connectivity index (χ4n) is 8.93. The number of hydrogen-bond acceptors (Lipinski definition) is 3. The van der Waals surface area contributed by atoms with Gasteiger partial charge in [0.05, 0.1) is 0 Å². The average molecular weight is 492 g/mol. The van der Waals surface area contributed by atoms with Crippen LogP contribution < -0.4 is 10.6 Å². The molecule has 8 atom stereocenters. The highest BCUT2D eigenvalue weighted by atomic mass is 16.2. The van der Waals surface area contributed by atoms with Gasteiger partial charge in [-0.3, -0.25) is 14.4 Å². The number of carbonyl (C=O) groups excluding carboxylic acids is 3. The molecule has 194 valence electrons. The minimum Gasteiger partial charge on any atom is -0.349 e. The lowest BCUT2D eigenvalue weighted by Gasteiger charge is -2.60. The molecule has 2 N–H and O–H groups in total. The second kappa shape index (κ2) is 9.04. The largest absolute Gasteiger partial charge is 0.349 e. The zero-order valence-corrected chi connectivity index (χ0v) is 22.3. The molecule has 6 heteroatoms. The van der Waals surface area contributed by atoms with Crippen molar-refractivity contribution in [2.45, 2.75) is 78.3 Å². The maximum Gasteiger partial charge on any atom is 0.251 e. The summed E-state index contributed by atoms with van der Waals surface area (Å²) in [4.78, 5) is 38.9. The zero-order valence-electron chi connectivity index (χ0n) is 22.3. The van der Waals surface area contributed by atoms with Crippen LogP contribution >= 0.6 is 0 Å². The molecule has 0 spiro atoms. The van der Waals surface area contributed by atoms with Gasteiger partial charge < -0.3 is 15.5 Å². The molecule has 0 bridgehead atoms. The second-order valence-electron chi connectivity index (χ2n) is 12.4. The van der Waals surface area contributed by atoms with Crippen molar-refractivity contribution in [3.8, 4) is 0 Å². The van der Waals surface area contributed by atoms with Crippen LogP contribution in [0.4, 0.5) is 5.69 Å². The third-order valence-corrected chi connectivity index (χ3v) is 10.6. The first kappa shape index (κ1) is 25.0. The Hall–Kier alpha value is -2.63. The minimum absolute atomic E-state index is 0.0593. The fraction of sp³-hybridized carbons (Fsp3) is 0.633. The average Bonchev–Trinajstić information content (AvgIpc) is 3.19. The van der Waals surface area contributed by atoms with Crippen molar-refractivity contribution in [1.82, 2.24) is 10.2 Å². The zero-order chi connectivity index (χ0) is 25.8. The molecule has 0 aromatic heterocycles. The van der Waals surface area contributed by atoms with Crippen molar-refractivity contribution in [1.29, 1.82) is 0 Å². The lowest BCUT2D eigenvalue weighted by molar-refractivity contribution is -0.139. The number of nitrogens with zero attached hydrogens (tertiary/aromatic N) is 1. The Balaban J connectivity index is 1.31. The van der Waals surface area contributed by atoms with Gasteiger partial charge >= 0.3 is 0 Å². The third-order valence-electron chi connectivity index (χ3n) is 10.6. The van der Waals surface area contributed by atoms with Gasteiger partial charge in [-0.1, -0.05) is 26.0 Å². The summed E-state index contributed by atoms with van der Waals surface area (Å²) < 4.78 is 0. The predicted molar refractivity (Wildman–Crippen MR) is 141 cm³/mol. The molecule has 1 aromatic carbocycles. The lowest BCUT2D eigenvalue weighted by Crippen LogP contribution is -2.60. The molecular weight excluding hydrogens is 450 g/mol. The van der Waals surface area contributed by atoms with Crippen LogP contribution in [0.1, 0.15) is 76.6 Å². The molecule has 3 aliphatic carbocycles. The number of benzene rings is 1. The van der Waals surface area contributed by atoms with Crippen molar-refractivity contribution >= 4 is 23.4 Å². The van der Waals surface area contributed by atoms with Crippen LogP contribution in [0.3, 0.4) is 0 Å². The Kier molecular flexibility index (Phi) is 6.29. The summed E-state index contributed by atoms with van der Waals surface area (Å²) >= 11 is 0. The summed E-state index contributed by atoms with van der Waals surface area (Å²) in [5.41, 5.74) is 1.49. The van der Waals surface area contributed by atoms with E-state index in [1.54, 1.807) is 24.3 Å². The molecule has 0 saturated heterocycles. The van der Waals surface area contributed by atoms with Gasteiger partial charge in [0.25, 0.3) is 5.91 Å². The van der Waals surface area contributed by atoms with E-state index in [9.17, 15) is 14.4 Å². The summed E-state index contributed by atoms with van der Waals surface area (Å²) in [5, 5.41) is 6.07. The highest BCUT2D eigenvalue weighted by Gasteiger charge is 2.61. The first-order valence-corrected chi connectivity index (χ1v) is 13.7. The number of nitrogens with one attached hydrogen (secondary N) is 2. The van der Waals surface area contributed by atoms with Crippen LogP contribution in [0.5, 0.6) is 0 Å². The van der Waals surface area contributed by atoms with Gasteiger partial charge in [-0.2, -0.15) is 0 Å². The van der Waals surface area contributed by atoms with E-state index in [4.69, 9.17) is 0 Å². The van der Waals surface area contributed by atoms with E-state index in [-0.39, 0.29) is 34.6 Å². The van der Waals surface area contributed by atoms with Crippen molar-refractivity contribution < 1.29 is 14.4 Å². The number of rotatable bonds is 4. The van der Waals surface area contributed by atoms with E-state index in [2.05, 4.69) is 37.5 Å². The summed E-state index contributed by atoms with van der Waals surface area (Å²) in [6, 6.07) is 7.54. The van der Waals surface area contributed by atoms with Gasteiger partial charge in [-0.15, -0.1) is 0 Å². The smallest absolute Gasteiger partial charge is 0.251 e. The molecule has 2 unspecified atom stereocenters. The fourth-order valence-corrected chi connectivity index (χ4v) is 8.93. The van der Waals surface area contributed by atoms with E-state index in [0.717, 1.165) is 12.8 Å². The third kappa shape index (κ3) is 3.97. The van der Waals surface area contributed by atoms with Crippen LogP contribution in [0.25, 0.3) is 0 Å². The van der Waals surface area contributed by atoms with Crippen LogP contribution in [0, 0.1) is 34.5 Å². The van der Waals surface area contributed by atoms with E-state index in [1.807, 2.05) is 18.0 Å². The summed E-state index contributed by atoms with van der Waals surface area (Å²) in [7, 11) is 1.98. The Morgan fingerprint density at radius 1 is 1.08 bits per heavy atom. The molecule has 5 rings (SSSR count). The Bertz CT molecular complexity index is 1100. The van der Waals surface area contributed by atoms with Crippen LogP contribution in [0.15, 0.2) is 36.4 Å². The summed E-state index contributed by atoms with van der Waals surface area (Å²) in [6.45, 7) is 8.51. The molecule has 3 amide bonds. The number of carbonyl (C=O) groups is 3. The predicted octanol–water partition coefficient (Wildman–Crippen LogP) is 5.02. The second-order valence-corrected chi connectivity index (χ2v) is 12.4. The molecule has 1 aliphatic heterocycles. The normalized spacial score (nSPS) is 38.0. The molecule has 1 aromatic rings. The molecule has 3 saturated carbocycles. The standard InChI is InChI=1S/C30H41N3O3/c1-18(31-28(36)20-7-6-8-21(17-20)32-19(2)34)23-10-11-24-22-9-12-26-30(4,16-14-27(35)33(26)5)25(22)13-15-29(23,24)3/h6-8,14,16-18,22-26H,9-13,15H2,1-5H3,(H,31,36)(H,32,34)/t18?,22-,23+,24-,25-,26?,29+,30+/m0/s1. The van der Waals surface area contributed by atoms with Crippen LogP contribution in [-0.4, -0.2) is 41.8 Å². The van der Waals surface area contributed by atoms with E-state index in [1.165, 1.54) is 32.6 Å². The Morgan fingerprint density at radius 2 is 1.86 bits per heavy atom. The van der Waals surface area contributed by atoms with Crippen LogP contribution in [0.2, 0.25) is 0 Å². The van der Waals surface area contributed by atoms with Crippen molar-refractivity contribution in [2.24, 2.45) is 34.5 Å². The van der Waals surface area contributed by atoms with Gasteiger partial charge in [0.15, 0.2) is 0 Å². The number of fused-ring (bicyclic) bond motifs is 5. The lowest BCUT2D eigenvalue weighted by atomic mass is 9.47. The molecule has 1 heterocycles. The van der Waals surface area contributed by atoms with E-state index < -0.39 is 0 Å². The Labute approximate surface area is 215 Å². The first-order chi connectivity index (χ1) is 17.0. The summed E-state index contributed by atoms with van der Waals surface area (Å²) in [6.07, 6.45) is 11.1. The van der Waals surface area contributed by atoms with Crippen molar-refractivity contribution in [3.05, 3.63) is 42.0 Å². The van der Waals surface area contributed by atoms with Gasteiger partial charge in [-0.05, 0) is 98.8 Å². The van der Waals surface area contributed by atoms with Crippen LogP contribution in [-0.2, 0) is 9.59 Å². The highest BCUT2D eigenvalue weighted by molar-refractivity contribution is 5.97. The molecule has 36 heavy (non-hydrogen) atoms. The van der Waals surface area contributed by atoms with Gasteiger partial charge in [-0.25, -0.2) is 0 Å². The Morgan fingerprint density at radius 3 is 2.61 bits per heavy atom. The first-order valence-electron chi connectivity index (χ1n) is 13.7. The molecule has 3 fully saturated rings. The van der Waals surface area contributed by atoms with E-state index >= 15 is 0 Å². The van der Waals surface area contributed by atoms with Crippen molar-refractivity contribution in [2.75, 3.05) is 12.4 Å². The number of amides is 3. The van der Waals surface area contributed by atoms with Crippen molar-refractivity contribution in [3.63, 3.8) is 0 Å². The van der Waals surface area contributed by atoms with Gasteiger partial charge in [0.2, 0.25) is 11.8 Å². The monoisotopic (exact) mass is 491 g/mol. The topological polar surface area (TPSA) is 78.5 Å². The SMILES string of the molecule is CC(=O)Nc1cccc(C(=O)NC(C)[C@H]2CC[C@H]3[C@@H]4CCC5N(C)C(=O)C=C[C@]5(C)[C@H]4CC[C@]23C)c1. The minimum atomic E-state index is -0.147. The number of likely N-dealkylation sites (N-methyl/N-ethyl adjacent to an activating group) is 1. The molecule has 6 nitrogen and oxygen atoms in total. The van der Waals surface area contributed by atoms with E-state index in [0.29, 0.717) is 41.0 Å². The van der Waals surface area contributed by atoms with Gasteiger partial charge in [0, 0.05) is 42.7 Å². The highest BCUT2D eigenvalue weighted by Crippen LogP contribution is 2.65. The number of anilines is 1. The maximum atomic E-state index is 13.1. The molecule has 4 aliphatic rings.